The van der Waals surface area contributed by atoms with Gasteiger partial charge in [0, 0.05) is 24.4 Å². The summed E-state index contributed by atoms with van der Waals surface area (Å²) in [6.07, 6.45) is 5.38. The zero-order valence-electron chi connectivity index (χ0n) is 15.9. The first-order valence-electron chi connectivity index (χ1n) is 9.43. The van der Waals surface area contributed by atoms with Crippen molar-refractivity contribution in [1.29, 1.82) is 0 Å². The van der Waals surface area contributed by atoms with Crippen LogP contribution in [0, 0.1) is 10.1 Å². The second-order valence-electron chi connectivity index (χ2n) is 7.26. The van der Waals surface area contributed by atoms with Gasteiger partial charge in [-0.1, -0.05) is 18.9 Å². The van der Waals surface area contributed by atoms with Crippen LogP contribution in [-0.4, -0.2) is 27.9 Å². The Morgan fingerprint density at radius 2 is 2.07 bits per heavy atom. The minimum atomic E-state index is -0.488. The minimum absolute atomic E-state index is 0.149. The Bertz CT molecular complexity index is 850. The predicted molar refractivity (Wildman–Crippen MR) is 107 cm³/mol. The summed E-state index contributed by atoms with van der Waals surface area (Å²) >= 11 is 0. The number of benzene rings is 1. The maximum Gasteiger partial charge on any atom is 0.293 e. The molecule has 1 heterocycles. The Labute approximate surface area is 163 Å². The predicted octanol–water partition coefficient (Wildman–Crippen LogP) is 3.16. The lowest BCUT2D eigenvalue weighted by molar-refractivity contribution is -0.384. The standard InChI is InChI=1S/C20H25N5O3/c1-14(16-6-2-5-11-22-16)23-17-8-7-15(12-18(17)25(27)28)19(26)24-20(13-21)9-3-4-10-20/h2,5-8,11-12,14,23H,3-4,9-10,13,21H2,1H3,(H,24,26). The lowest BCUT2D eigenvalue weighted by Crippen LogP contribution is -2.51. The third kappa shape index (κ3) is 4.28. The molecule has 1 aromatic heterocycles. The van der Waals surface area contributed by atoms with Gasteiger partial charge in [-0.3, -0.25) is 19.9 Å². The minimum Gasteiger partial charge on any atom is -0.371 e. The molecule has 4 N–H and O–H groups in total. The number of aromatic nitrogens is 1. The summed E-state index contributed by atoms with van der Waals surface area (Å²) in [5.41, 5.74) is 6.68. The van der Waals surface area contributed by atoms with Crippen molar-refractivity contribution in [2.75, 3.05) is 11.9 Å². The third-order valence-electron chi connectivity index (χ3n) is 5.29. The Hall–Kier alpha value is -3.00. The summed E-state index contributed by atoms with van der Waals surface area (Å²) < 4.78 is 0. The van der Waals surface area contributed by atoms with Gasteiger partial charge in [0.2, 0.25) is 0 Å². The summed E-state index contributed by atoms with van der Waals surface area (Å²) in [5.74, 6) is -0.334. The molecular weight excluding hydrogens is 358 g/mol. The van der Waals surface area contributed by atoms with E-state index >= 15 is 0 Å². The van der Waals surface area contributed by atoms with E-state index in [1.165, 1.54) is 6.07 Å². The molecule has 0 bridgehead atoms. The largest absolute Gasteiger partial charge is 0.371 e. The highest BCUT2D eigenvalue weighted by molar-refractivity contribution is 5.96. The first-order valence-corrected chi connectivity index (χ1v) is 9.43. The summed E-state index contributed by atoms with van der Waals surface area (Å²) in [6, 6.07) is 9.76. The number of hydrogen-bond donors (Lipinski definition) is 3. The molecule has 3 rings (SSSR count). The van der Waals surface area contributed by atoms with Crippen molar-refractivity contribution >= 4 is 17.3 Å². The lowest BCUT2D eigenvalue weighted by Gasteiger charge is -2.28. The summed E-state index contributed by atoms with van der Waals surface area (Å²) in [7, 11) is 0. The quantitative estimate of drug-likeness (QED) is 0.498. The van der Waals surface area contributed by atoms with Crippen LogP contribution in [0.25, 0.3) is 0 Å². The van der Waals surface area contributed by atoms with E-state index in [2.05, 4.69) is 15.6 Å². The van der Waals surface area contributed by atoms with Gasteiger partial charge in [0.15, 0.2) is 0 Å². The van der Waals surface area contributed by atoms with E-state index in [9.17, 15) is 14.9 Å². The molecule has 0 saturated heterocycles. The van der Waals surface area contributed by atoms with E-state index in [0.717, 1.165) is 31.4 Å². The van der Waals surface area contributed by atoms with E-state index in [4.69, 9.17) is 5.73 Å². The molecule has 1 aromatic carbocycles. The number of nitrogens with two attached hydrogens (primary N) is 1. The second kappa shape index (κ2) is 8.35. The van der Waals surface area contributed by atoms with Gasteiger partial charge in [-0.15, -0.1) is 0 Å². The van der Waals surface area contributed by atoms with Crippen LogP contribution >= 0.6 is 0 Å². The van der Waals surface area contributed by atoms with E-state index in [1.807, 2.05) is 25.1 Å². The highest BCUT2D eigenvalue weighted by atomic mass is 16.6. The van der Waals surface area contributed by atoms with Gasteiger partial charge in [0.1, 0.15) is 5.69 Å². The van der Waals surface area contributed by atoms with Gasteiger partial charge in [-0.05, 0) is 44.0 Å². The van der Waals surface area contributed by atoms with Crippen LogP contribution in [-0.2, 0) is 0 Å². The van der Waals surface area contributed by atoms with E-state index in [1.54, 1.807) is 18.3 Å². The molecule has 1 fully saturated rings. The Morgan fingerprint density at radius 1 is 1.32 bits per heavy atom. The smallest absolute Gasteiger partial charge is 0.293 e. The van der Waals surface area contributed by atoms with Crippen molar-refractivity contribution in [1.82, 2.24) is 10.3 Å². The van der Waals surface area contributed by atoms with Crippen LogP contribution in [0.4, 0.5) is 11.4 Å². The van der Waals surface area contributed by atoms with Crippen LogP contribution in [0.5, 0.6) is 0 Å². The van der Waals surface area contributed by atoms with Gasteiger partial charge >= 0.3 is 0 Å². The molecule has 1 atom stereocenters. The van der Waals surface area contributed by atoms with Crippen LogP contribution in [0.1, 0.15) is 54.7 Å². The number of rotatable bonds is 7. The second-order valence-corrected chi connectivity index (χ2v) is 7.26. The number of hydrogen-bond acceptors (Lipinski definition) is 6. The molecule has 1 amide bonds. The van der Waals surface area contributed by atoms with Gasteiger partial charge in [-0.2, -0.15) is 0 Å². The molecular formula is C20H25N5O3. The van der Waals surface area contributed by atoms with Crippen LogP contribution in [0.3, 0.4) is 0 Å². The number of nitrogens with one attached hydrogen (secondary N) is 2. The summed E-state index contributed by atoms with van der Waals surface area (Å²) in [4.78, 5) is 28.0. The summed E-state index contributed by atoms with van der Waals surface area (Å²) in [6.45, 7) is 2.24. The van der Waals surface area contributed by atoms with Crippen molar-refractivity contribution in [3.8, 4) is 0 Å². The topological polar surface area (TPSA) is 123 Å². The zero-order chi connectivity index (χ0) is 20.1. The fourth-order valence-corrected chi connectivity index (χ4v) is 3.63. The van der Waals surface area contributed by atoms with E-state index < -0.39 is 10.5 Å². The Kier molecular flexibility index (Phi) is 5.89. The Morgan fingerprint density at radius 3 is 2.68 bits per heavy atom. The Balaban J connectivity index is 1.81. The normalized spacial score (nSPS) is 16.4. The molecule has 0 spiro atoms. The number of nitro benzene ring substituents is 1. The van der Waals surface area contributed by atoms with E-state index in [-0.39, 0.29) is 23.2 Å². The average Bonchev–Trinajstić information content (AvgIpc) is 3.17. The number of carbonyl (C=O) groups is 1. The average molecular weight is 383 g/mol. The number of nitro groups is 1. The van der Waals surface area contributed by atoms with E-state index in [0.29, 0.717) is 12.2 Å². The number of amides is 1. The fraction of sp³-hybridized carbons (Fsp3) is 0.400. The maximum absolute atomic E-state index is 12.7. The SMILES string of the molecule is CC(Nc1ccc(C(=O)NC2(CN)CCCC2)cc1[N+](=O)[O-])c1ccccn1. The molecule has 1 saturated carbocycles. The zero-order valence-corrected chi connectivity index (χ0v) is 15.9. The number of nitrogens with zero attached hydrogens (tertiary/aromatic N) is 2. The molecule has 148 valence electrons. The number of anilines is 1. The molecule has 28 heavy (non-hydrogen) atoms. The molecule has 8 nitrogen and oxygen atoms in total. The molecule has 1 aliphatic rings. The third-order valence-corrected chi connectivity index (χ3v) is 5.29. The molecule has 1 aliphatic carbocycles. The first kappa shape index (κ1) is 19.8. The van der Waals surface area contributed by atoms with Crippen molar-refractivity contribution in [3.05, 3.63) is 64.0 Å². The van der Waals surface area contributed by atoms with Crippen LogP contribution in [0.2, 0.25) is 0 Å². The molecule has 0 aliphatic heterocycles. The molecule has 2 aromatic rings. The van der Waals surface area contributed by atoms with Crippen molar-refractivity contribution in [2.45, 2.75) is 44.2 Å². The fourth-order valence-electron chi connectivity index (χ4n) is 3.63. The number of carbonyl (C=O) groups excluding carboxylic acids is 1. The van der Waals surface area contributed by atoms with Crippen molar-refractivity contribution in [3.63, 3.8) is 0 Å². The molecule has 1 unspecified atom stereocenters. The van der Waals surface area contributed by atoms with Crippen LogP contribution in [0.15, 0.2) is 42.6 Å². The monoisotopic (exact) mass is 383 g/mol. The van der Waals surface area contributed by atoms with Crippen molar-refractivity contribution in [2.24, 2.45) is 5.73 Å². The van der Waals surface area contributed by atoms with Crippen LogP contribution < -0.4 is 16.4 Å². The maximum atomic E-state index is 12.7. The highest BCUT2D eigenvalue weighted by Crippen LogP contribution is 2.31. The van der Waals surface area contributed by atoms with Gasteiger partial charge in [0.25, 0.3) is 11.6 Å². The molecule has 0 radical (unpaired) electrons. The van der Waals surface area contributed by atoms with Gasteiger partial charge in [0.05, 0.1) is 22.2 Å². The molecule has 8 heteroatoms. The lowest BCUT2D eigenvalue weighted by atomic mass is 9.97. The highest BCUT2D eigenvalue weighted by Gasteiger charge is 2.34. The van der Waals surface area contributed by atoms with Gasteiger partial charge < -0.3 is 16.4 Å². The number of pyridine rings is 1. The van der Waals surface area contributed by atoms with Gasteiger partial charge in [-0.25, -0.2) is 0 Å². The first-order chi connectivity index (χ1) is 13.4. The van der Waals surface area contributed by atoms with Crippen molar-refractivity contribution < 1.29 is 9.72 Å². The summed E-state index contributed by atoms with van der Waals surface area (Å²) in [5, 5.41) is 17.7.